The zero-order chi connectivity index (χ0) is 24.5. The van der Waals surface area contributed by atoms with Gasteiger partial charge in [0.2, 0.25) is 5.92 Å². The fraction of sp³-hybridized carbons (Fsp3) is 0.448. The highest BCUT2D eigenvalue weighted by molar-refractivity contribution is 6.21. The third-order valence-corrected chi connectivity index (χ3v) is 7.28. The molecule has 1 heterocycles. The fourth-order valence-corrected chi connectivity index (χ4v) is 5.39. The number of nitrogens with zero attached hydrogens (tertiary/aromatic N) is 1. The monoisotopic (exact) mass is 464 g/mol. The number of rotatable bonds is 6. The van der Waals surface area contributed by atoms with E-state index in [9.17, 15) is 13.9 Å². The minimum Gasteiger partial charge on any atom is -0.512 e. The van der Waals surface area contributed by atoms with E-state index < -0.39 is 5.92 Å². The number of aliphatic hydroxyl groups is 1. The highest BCUT2D eigenvalue weighted by Crippen LogP contribution is 2.40. The van der Waals surface area contributed by atoms with Crippen molar-refractivity contribution < 1.29 is 13.9 Å². The Bertz CT molecular complexity index is 1120. The summed E-state index contributed by atoms with van der Waals surface area (Å²) < 4.78 is 27.1. The minimum atomic E-state index is -2.48. The Labute approximate surface area is 201 Å². The summed E-state index contributed by atoms with van der Waals surface area (Å²) in [5.74, 6) is -1.70. The van der Waals surface area contributed by atoms with Crippen molar-refractivity contribution in [3.05, 3.63) is 76.3 Å². The standard InChI is InChI=1S/C29H34F2N2O/c1-18-4-8-23(9-5-18)26-15-22(7-6-21-10-12-29(30,31)13-11-21)14-24-16-25(17-33-28(24)26)27(19(2)32)20(3)34/h4-5,8-9,15-17,21-22,32,34H,6-7,10-14H2,1-3H3/b27-20+,32-19?. The smallest absolute Gasteiger partial charge is 0.248 e. The number of halogens is 2. The van der Waals surface area contributed by atoms with Gasteiger partial charge in [-0.25, -0.2) is 8.78 Å². The molecule has 2 aromatic rings. The van der Waals surface area contributed by atoms with Crippen molar-refractivity contribution in [3.8, 4) is 0 Å². The van der Waals surface area contributed by atoms with Gasteiger partial charge in [0.15, 0.2) is 0 Å². The van der Waals surface area contributed by atoms with Crippen molar-refractivity contribution in [2.24, 2.45) is 11.8 Å². The molecule has 0 bridgehead atoms. The van der Waals surface area contributed by atoms with E-state index in [0.29, 0.717) is 36.0 Å². The van der Waals surface area contributed by atoms with Crippen molar-refractivity contribution in [2.75, 3.05) is 0 Å². The van der Waals surface area contributed by atoms with Crippen molar-refractivity contribution >= 4 is 16.9 Å². The van der Waals surface area contributed by atoms with Gasteiger partial charge in [0.25, 0.3) is 0 Å². The van der Waals surface area contributed by atoms with E-state index in [2.05, 4.69) is 43.3 Å². The molecule has 0 saturated heterocycles. The van der Waals surface area contributed by atoms with Crippen molar-refractivity contribution in [1.29, 1.82) is 5.41 Å². The number of nitrogens with one attached hydrogen (secondary N) is 1. The molecule has 34 heavy (non-hydrogen) atoms. The van der Waals surface area contributed by atoms with E-state index in [1.54, 1.807) is 20.0 Å². The van der Waals surface area contributed by atoms with Gasteiger partial charge in [-0.15, -0.1) is 0 Å². The van der Waals surface area contributed by atoms with Crippen LogP contribution in [0, 0.1) is 24.2 Å². The molecule has 2 N–H and O–H groups in total. The van der Waals surface area contributed by atoms with Gasteiger partial charge in [0.05, 0.1) is 11.5 Å². The van der Waals surface area contributed by atoms with Crippen LogP contribution in [0.4, 0.5) is 8.78 Å². The third kappa shape index (κ3) is 5.45. The Morgan fingerprint density at radius 2 is 1.79 bits per heavy atom. The topological polar surface area (TPSA) is 57.0 Å². The molecule has 2 aliphatic carbocycles. The molecular weight excluding hydrogens is 430 g/mol. The quantitative estimate of drug-likeness (QED) is 0.337. The minimum absolute atomic E-state index is 0.0154. The van der Waals surface area contributed by atoms with Crippen LogP contribution in [-0.2, 0) is 6.42 Å². The maximum Gasteiger partial charge on any atom is 0.248 e. The number of hydrogen-bond donors (Lipinski definition) is 2. The van der Waals surface area contributed by atoms with Gasteiger partial charge in [-0.2, -0.15) is 0 Å². The summed E-state index contributed by atoms with van der Waals surface area (Å²) in [4.78, 5) is 4.79. The van der Waals surface area contributed by atoms with Crippen LogP contribution in [0.25, 0.3) is 11.1 Å². The molecule has 1 aromatic carbocycles. The number of pyridine rings is 1. The summed E-state index contributed by atoms with van der Waals surface area (Å²) in [6.45, 7) is 5.34. The van der Waals surface area contributed by atoms with Gasteiger partial charge >= 0.3 is 0 Å². The van der Waals surface area contributed by atoms with E-state index in [1.807, 2.05) is 0 Å². The lowest BCUT2D eigenvalue weighted by Gasteiger charge is -2.30. The largest absolute Gasteiger partial charge is 0.512 e. The molecule has 0 amide bonds. The Morgan fingerprint density at radius 3 is 2.41 bits per heavy atom. The zero-order valence-electron chi connectivity index (χ0n) is 20.3. The molecule has 1 saturated carbocycles. The van der Waals surface area contributed by atoms with E-state index in [0.717, 1.165) is 47.2 Å². The highest BCUT2D eigenvalue weighted by Gasteiger charge is 2.35. The molecule has 4 rings (SSSR count). The summed E-state index contributed by atoms with van der Waals surface area (Å²) in [5, 5.41) is 18.2. The van der Waals surface area contributed by atoms with Gasteiger partial charge < -0.3 is 10.5 Å². The molecule has 1 unspecified atom stereocenters. The first kappa shape index (κ1) is 24.3. The summed E-state index contributed by atoms with van der Waals surface area (Å²) in [6, 6.07) is 10.5. The molecule has 2 aliphatic rings. The Morgan fingerprint density at radius 1 is 1.12 bits per heavy atom. The summed E-state index contributed by atoms with van der Waals surface area (Å²) >= 11 is 0. The highest BCUT2D eigenvalue weighted by atomic mass is 19.3. The Kier molecular flexibility index (Phi) is 7.01. The number of aliphatic hydroxyl groups excluding tert-OH is 1. The second-order valence-electron chi connectivity index (χ2n) is 10.1. The van der Waals surface area contributed by atoms with Gasteiger partial charge in [0, 0.05) is 41.5 Å². The summed E-state index contributed by atoms with van der Waals surface area (Å²) in [6.07, 6.45) is 8.05. The normalized spacial score (nSPS) is 20.9. The first-order chi connectivity index (χ1) is 16.1. The molecular formula is C29H34F2N2O. The molecule has 0 spiro atoms. The first-order valence-electron chi connectivity index (χ1n) is 12.2. The van der Waals surface area contributed by atoms with Crippen LogP contribution in [0.3, 0.4) is 0 Å². The van der Waals surface area contributed by atoms with Gasteiger partial charge in [-0.3, -0.25) is 4.98 Å². The number of aryl methyl sites for hydroxylation is 1. The Balaban J connectivity index is 1.63. The van der Waals surface area contributed by atoms with Crippen LogP contribution in [-0.4, -0.2) is 21.7 Å². The van der Waals surface area contributed by atoms with E-state index in [4.69, 9.17) is 10.4 Å². The second-order valence-corrected chi connectivity index (χ2v) is 10.1. The number of hydrogen-bond acceptors (Lipinski definition) is 3. The number of aromatic nitrogens is 1. The van der Waals surface area contributed by atoms with Gasteiger partial charge in [0.1, 0.15) is 0 Å². The molecule has 1 fully saturated rings. The predicted octanol–water partition coefficient (Wildman–Crippen LogP) is 7.93. The lowest BCUT2D eigenvalue weighted by molar-refractivity contribution is -0.0468. The van der Waals surface area contributed by atoms with Gasteiger partial charge in [-0.1, -0.05) is 35.9 Å². The SMILES string of the molecule is CC(=N)/C(=C(/C)O)c1cnc2c(c1)CC(CCC1CCC(F)(F)CC1)C=C2c1ccc(C)cc1. The number of fused-ring (bicyclic) bond motifs is 1. The van der Waals surface area contributed by atoms with E-state index >= 15 is 0 Å². The lowest BCUT2D eigenvalue weighted by Crippen LogP contribution is -2.25. The van der Waals surface area contributed by atoms with Crippen LogP contribution < -0.4 is 0 Å². The maximum atomic E-state index is 13.6. The van der Waals surface area contributed by atoms with Crippen LogP contribution in [0.1, 0.15) is 80.3 Å². The van der Waals surface area contributed by atoms with Crippen molar-refractivity contribution in [3.63, 3.8) is 0 Å². The van der Waals surface area contributed by atoms with Crippen LogP contribution in [0.15, 0.2) is 48.4 Å². The fourth-order valence-electron chi connectivity index (χ4n) is 5.39. The number of alkyl halides is 2. The first-order valence-corrected chi connectivity index (χ1v) is 12.2. The number of benzene rings is 1. The van der Waals surface area contributed by atoms with Gasteiger partial charge in [-0.05, 0) is 81.9 Å². The number of allylic oxidation sites excluding steroid dienone is 3. The van der Waals surface area contributed by atoms with Crippen LogP contribution >= 0.6 is 0 Å². The van der Waals surface area contributed by atoms with E-state index in [-0.39, 0.29) is 18.6 Å². The molecule has 1 aromatic heterocycles. The second kappa shape index (κ2) is 9.81. The molecule has 5 heteroatoms. The summed E-state index contributed by atoms with van der Waals surface area (Å²) in [5.41, 5.74) is 7.04. The summed E-state index contributed by atoms with van der Waals surface area (Å²) in [7, 11) is 0. The average molecular weight is 465 g/mol. The van der Waals surface area contributed by atoms with Crippen LogP contribution in [0.2, 0.25) is 0 Å². The van der Waals surface area contributed by atoms with Crippen LogP contribution in [0.5, 0.6) is 0 Å². The zero-order valence-corrected chi connectivity index (χ0v) is 20.3. The maximum absolute atomic E-state index is 13.6. The third-order valence-electron chi connectivity index (χ3n) is 7.28. The predicted molar refractivity (Wildman–Crippen MR) is 134 cm³/mol. The molecule has 0 aliphatic heterocycles. The molecule has 180 valence electrons. The lowest BCUT2D eigenvalue weighted by atomic mass is 9.78. The van der Waals surface area contributed by atoms with Crippen molar-refractivity contribution in [1.82, 2.24) is 4.98 Å². The van der Waals surface area contributed by atoms with E-state index in [1.165, 1.54) is 5.56 Å². The molecule has 1 atom stereocenters. The molecule has 0 radical (unpaired) electrons. The van der Waals surface area contributed by atoms with Crippen molar-refractivity contribution in [2.45, 2.75) is 71.6 Å². The molecule has 3 nitrogen and oxygen atoms in total. The Hall–Kier alpha value is -2.82. The average Bonchev–Trinajstić information content (AvgIpc) is 2.78.